The number of benzene rings is 1. The Hall–Kier alpha value is -2.85. The summed E-state index contributed by atoms with van der Waals surface area (Å²) in [4.78, 5) is 45.9. The third-order valence-electron chi connectivity index (χ3n) is 5.90. The van der Waals surface area contributed by atoms with Crippen LogP contribution in [0, 0.1) is 6.92 Å². The minimum Gasteiger partial charge on any atom is -0.496 e. The van der Waals surface area contributed by atoms with Crippen molar-refractivity contribution in [1.29, 1.82) is 0 Å². The number of anilines is 1. The second-order valence-electron chi connectivity index (χ2n) is 8.13. The minimum absolute atomic E-state index is 0.0212. The van der Waals surface area contributed by atoms with Gasteiger partial charge in [0, 0.05) is 24.9 Å². The molecule has 1 aromatic carbocycles. The van der Waals surface area contributed by atoms with Crippen molar-refractivity contribution in [2.45, 2.75) is 47.9 Å². The van der Waals surface area contributed by atoms with Gasteiger partial charge in [0.05, 0.1) is 35.2 Å². The van der Waals surface area contributed by atoms with Crippen molar-refractivity contribution >= 4 is 46.0 Å². The zero-order valence-electron chi connectivity index (χ0n) is 18.8. The van der Waals surface area contributed by atoms with Crippen LogP contribution in [-0.2, 0) is 9.59 Å². The van der Waals surface area contributed by atoms with Crippen molar-refractivity contribution in [3.63, 3.8) is 0 Å². The van der Waals surface area contributed by atoms with E-state index in [-0.39, 0.29) is 29.8 Å². The molecule has 2 fully saturated rings. The van der Waals surface area contributed by atoms with Crippen LogP contribution in [0.3, 0.4) is 0 Å². The number of nitrogens with one attached hydrogen (secondary N) is 1. The summed E-state index contributed by atoms with van der Waals surface area (Å²) >= 11 is 2.87. The van der Waals surface area contributed by atoms with Gasteiger partial charge in [-0.05, 0) is 43.5 Å². The summed E-state index contributed by atoms with van der Waals surface area (Å²) in [5.41, 5.74) is 1.48. The number of likely N-dealkylation sites (tertiary alicyclic amines) is 1. The van der Waals surface area contributed by atoms with Gasteiger partial charge in [-0.1, -0.05) is 29.7 Å². The average molecular weight is 487 g/mol. The summed E-state index contributed by atoms with van der Waals surface area (Å²) in [6.07, 6.45) is 4.84. The number of carbonyl (C=O) groups excluding carboxylic acids is 3. The molecule has 174 valence electrons. The fourth-order valence-corrected chi connectivity index (χ4v) is 6.42. The van der Waals surface area contributed by atoms with Crippen molar-refractivity contribution in [3.05, 3.63) is 42.1 Å². The molecule has 4 rings (SSSR count). The molecule has 2 aliphatic heterocycles. The molecule has 3 amide bonds. The lowest BCUT2D eigenvalue weighted by Crippen LogP contribution is -2.56. The van der Waals surface area contributed by atoms with Crippen LogP contribution in [0.2, 0.25) is 0 Å². The van der Waals surface area contributed by atoms with E-state index >= 15 is 0 Å². The number of ether oxygens (including phenoxy) is 1. The van der Waals surface area contributed by atoms with E-state index in [1.54, 1.807) is 13.3 Å². The molecule has 0 aliphatic carbocycles. The number of methoxy groups -OCH3 is 1. The number of nitrogens with zero attached hydrogens (tertiary/aromatic N) is 3. The summed E-state index contributed by atoms with van der Waals surface area (Å²) in [7, 11) is 1.56. The van der Waals surface area contributed by atoms with Gasteiger partial charge in [0.1, 0.15) is 5.75 Å². The van der Waals surface area contributed by atoms with Crippen LogP contribution in [0.1, 0.15) is 35.7 Å². The summed E-state index contributed by atoms with van der Waals surface area (Å²) in [6.45, 7) is 8.03. The van der Waals surface area contributed by atoms with Gasteiger partial charge in [-0.3, -0.25) is 14.4 Å². The number of aromatic nitrogens is 1. The van der Waals surface area contributed by atoms with E-state index in [4.69, 9.17) is 4.74 Å². The Morgan fingerprint density at radius 1 is 1.27 bits per heavy atom. The van der Waals surface area contributed by atoms with Crippen molar-refractivity contribution in [1.82, 2.24) is 14.8 Å². The molecule has 33 heavy (non-hydrogen) atoms. The molecule has 2 atom stereocenters. The molecule has 0 saturated carbocycles. The van der Waals surface area contributed by atoms with E-state index in [1.807, 2.05) is 28.9 Å². The van der Waals surface area contributed by atoms with Crippen LogP contribution in [0.5, 0.6) is 5.75 Å². The fourth-order valence-electron chi connectivity index (χ4n) is 4.44. The van der Waals surface area contributed by atoms with E-state index < -0.39 is 0 Å². The fraction of sp³-hybridized carbons (Fsp3) is 0.391. The molecule has 0 unspecified atom stereocenters. The average Bonchev–Trinajstić information content (AvgIpc) is 3.33. The standard InChI is InChI=1S/C23H26N4O4S2/c1-5-20(29)27-15-6-7-16(27)12-26(11-15)22(30)17-9-19(13(2)8-18(17)31-4)32-21-10-24-23(33-21)25-14(3)28/h5,8-10,15-16H,1,6-7,11-12H2,2-4H3,(H,24,25,28)/t15-,16+. The van der Waals surface area contributed by atoms with E-state index in [0.29, 0.717) is 29.5 Å². The molecule has 1 N–H and O–H groups in total. The summed E-state index contributed by atoms with van der Waals surface area (Å²) in [6, 6.07) is 3.78. The van der Waals surface area contributed by atoms with E-state index in [2.05, 4.69) is 16.9 Å². The lowest BCUT2D eigenvalue weighted by atomic mass is 10.1. The highest BCUT2D eigenvalue weighted by molar-refractivity contribution is 8.01. The number of carbonyl (C=O) groups is 3. The predicted octanol–water partition coefficient (Wildman–Crippen LogP) is 3.57. The first kappa shape index (κ1) is 23.3. The van der Waals surface area contributed by atoms with Crippen LogP contribution in [0.25, 0.3) is 0 Å². The van der Waals surface area contributed by atoms with Gasteiger partial charge < -0.3 is 19.9 Å². The summed E-state index contributed by atoms with van der Waals surface area (Å²) in [5.74, 6) is 0.198. The molecule has 2 bridgehead atoms. The Morgan fingerprint density at radius 3 is 2.58 bits per heavy atom. The van der Waals surface area contributed by atoms with Gasteiger partial charge in [0.2, 0.25) is 11.8 Å². The number of thiazole rings is 1. The van der Waals surface area contributed by atoms with Crippen molar-refractivity contribution in [2.24, 2.45) is 0 Å². The van der Waals surface area contributed by atoms with Gasteiger partial charge >= 0.3 is 0 Å². The molecule has 2 saturated heterocycles. The first-order valence-corrected chi connectivity index (χ1v) is 12.3. The SMILES string of the molecule is C=CC(=O)N1[C@@H]2CC[C@H]1CN(C(=O)c1cc(Sc3cnc(NC(C)=O)s3)c(C)cc1OC)C2. The maximum atomic E-state index is 13.5. The van der Waals surface area contributed by atoms with Gasteiger partial charge in [-0.2, -0.15) is 0 Å². The first-order valence-electron chi connectivity index (χ1n) is 10.6. The largest absolute Gasteiger partial charge is 0.496 e. The number of fused-ring (bicyclic) bond motifs is 2. The predicted molar refractivity (Wildman–Crippen MR) is 128 cm³/mol. The lowest BCUT2D eigenvalue weighted by molar-refractivity contribution is -0.131. The quantitative estimate of drug-likeness (QED) is 0.628. The van der Waals surface area contributed by atoms with Crippen LogP contribution in [0.15, 0.2) is 40.1 Å². The Morgan fingerprint density at radius 2 is 1.97 bits per heavy atom. The molecule has 3 heterocycles. The normalized spacial score (nSPS) is 19.4. The number of rotatable bonds is 6. The van der Waals surface area contributed by atoms with Gasteiger partial charge in [0.25, 0.3) is 5.91 Å². The highest BCUT2D eigenvalue weighted by Crippen LogP contribution is 2.39. The van der Waals surface area contributed by atoms with Crippen molar-refractivity contribution < 1.29 is 19.1 Å². The highest BCUT2D eigenvalue weighted by atomic mass is 32.2. The molecule has 2 aromatic rings. The van der Waals surface area contributed by atoms with E-state index in [1.165, 1.54) is 36.1 Å². The second-order valence-corrected chi connectivity index (χ2v) is 10.5. The molecule has 8 nitrogen and oxygen atoms in total. The Kier molecular flexibility index (Phi) is 6.76. The Labute approximate surface area is 201 Å². The van der Waals surface area contributed by atoms with Gasteiger partial charge in [-0.15, -0.1) is 0 Å². The van der Waals surface area contributed by atoms with E-state index in [0.717, 1.165) is 27.5 Å². The van der Waals surface area contributed by atoms with Crippen LogP contribution >= 0.6 is 23.1 Å². The summed E-state index contributed by atoms with van der Waals surface area (Å²) in [5, 5.41) is 3.22. The second kappa shape index (κ2) is 9.56. The maximum Gasteiger partial charge on any atom is 0.257 e. The smallest absolute Gasteiger partial charge is 0.257 e. The summed E-state index contributed by atoms with van der Waals surface area (Å²) < 4.78 is 6.45. The third-order valence-corrected chi connectivity index (χ3v) is 8.08. The maximum absolute atomic E-state index is 13.5. The number of hydrogen-bond acceptors (Lipinski definition) is 7. The zero-order chi connectivity index (χ0) is 23.7. The molecular formula is C23H26N4O4S2. The minimum atomic E-state index is -0.168. The van der Waals surface area contributed by atoms with Crippen molar-refractivity contribution in [3.8, 4) is 5.75 Å². The molecule has 10 heteroatoms. The highest BCUT2D eigenvalue weighted by Gasteiger charge is 2.43. The Balaban J connectivity index is 1.57. The number of amides is 3. The number of aryl methyl sites for hydroxylation is 1. The van der Waals surface area contributed by atoms with Crippen LogP contribution < -0.4 is 10.1 Å². The monoisotopic (exact) mass is 486 g/mol. The van der Waals surface area contributed by atoms with Crippen LogP contribution in [0.4, 0.5) is 5.13 Å². The van der Waals surface area contributed by atoms with Crippen molar-refractivity contribution in [2.75, 3.05) is 25.5 Å². The first-order chi connectivity index (χ1) is 15.8. The van der Waals surface area contributed by atoms with Crippen LogP contribution in [-0.4, -0.2) is 64.8 Å². The zero-order valence-corrected chi connectivity index (χ0v) is 20.4. The molecule has 0 spiro atoms. The third kappa shape index (κ3) is 4.77. The lowest BCUT2D eigenvalue weighted by Gasteiger charge is -2.40. The molecule has 0 radical (unpaired) electrons. The van der Waals surface area contributed by atoms with E-state index in [9.17, 15) is 14.4 Å². The molecular weight excluding hydrogens is 460 g/mol. The molecule has 1 aromatic heterocycles. The number of hydrogen-bond donors (Lipinski definition) is 1. The number of piperazine rings is 1. The molecule has 2 aliphatic rings. The Bertz CT molecular complexity index is 1100. The van der Waals surface area contributed by atoms with Gasteiger partial charge in [-0.25, -0.2) is 4.98 Å². The topological polar surface area (TPSA) is 91.8 Å². The van der Waals surface area contributed by atoms with Gasteiger partial charge in [0.15, 0.2) is 5.13 Å².